The lowest BCUT2D eigenvalue weighted by atomic mass is 10.0. The summed E-state index contributed by atoms with van der Waals surface area (Å²) in [5.41, 5.74) is 0.622. The standard InChI is InChI=1S/C21H28N2O4/c1-5-22-14(3)26-17-10-7-9-16(13-17)20(24)18-11-8-12-19(21(18)25)27-15(4)23-6-2/h7-15,22-23,25H,5-6H2,1-4H3. The Labute approximate surface area is 160 Å². The number of carbonyl (C=O) groups excluding carboxylic acids is 1. The Hall–Kier alpha value is -2.57. The zero-order chi connectivity index (χ0) is 19.8. The third kappa shape index (κ3) is 5.70. The molecule has 6 nitrogen and oxygen atoms in total. The molecule has 0 heterocycles. The normalized spacial score (nSPS) is 13.0. The monoisotopic (exact) mass is 372 g/mol. The molecule has 3 N–H and O–H groups in total. The summed E-state index contributed by atoms with van der Waals surface area (Å²) >= 11 is 0. The topological polar surface area (TPSA) is 79.8 Å². The molecule has 27 heavy (non-hydrogen) atoms. The van der Waals surface area contributed by atoms with E-state index in [4.69, 9.17) is 9.47 Å². The third-order valence-corrected chi connectivity index (χ3v) is 3.94. The number of rotatable bonds is 10. The molecule has 0 aliphatic carbocycles. The number of carbonyl (C=O) groups is 1. The van der Waals surface area contributed by atoms with Crippen molar-refractivity contribution >= 4 is 5.78 Å². The van der Waals surface area contributed by atoms with Gasteiger partial charge in [-0.05, 0) is 51.2 Å². The Kier molecular flexibility index (Phi) is 7.64. The van der Waals surface area contributed by atoms with Crippen molar-refractivity contribution in [2.24, 2.45) is 0 Å². The van der Waals surface area contributed by atoms with Gasteiger partial charge in [-0.15, -0.1) is 0 Å². The maximum Gasteiger partial charge on any atom is 0.197 e. The van der Waals surface area contributed by atoms with Crippen molar-refractivity contribution in [3.05, 3.63) is 53.6 Å². The van der Waals surface area contributed by atoms with E-state index in [1.54, 1.807) is 42.5 Å². The quantitative estimate of drug-likeness (QED) is 0.439. The fraction of sp³-hybridized carbons (Fsp3) is 0.381. The zero-order valence-electron chi connectivity index (χ0n) is 16.3. The summed E-state index contributed by atoms with van der Waals surface area (Å²) in [6.45, 7) is 9.21. The molecule has 0 saturated heterocycles. The lowest BCUT2D eigenvalue weighted by molar-refractivity contribution is 0.103. The molecular formula is C21H28N2O4. The van der Waals surface area contributed by atoms with Gasteiger partial charge in [-0.2, -0.15) is 0 Å². The van der Waals surface area contributed by atoms with Gasteiger partial charge < -0.3 is 14.6 Å². The number of nitrogens with one attached hydrogen (secondary N) is 2. The highest BCUT2D eigenvalue weighted by Crippen LogP contribution is 2.32. The second-order valence-electron chi connectivity index (χ2n) is 6.14. The van der Waals surface area contributed by atoms with Crippen molar-refractivity contribution in [2.75, 3.05) is 13.1 Å². The second-order valence-corrected chi connectivity index (χ2v) is 6.14. The highest BCUT2D eigenvalue weighted by atomic mass is 16.5. The van der Waals surface area contributed by atoms with Crippen molar-refractivity contribution in [2.45, 2.75) is 40.2 Å². The molecule has 0 spiro atoms. The first-order chi connectivity index (χ1) is 13.0. The molecule has 0 aromatic heterocycles. The van der Waals surface area contributed by atoms with Gasteiger partial charge in [0.25, 0.3) is 0 Å². The van der Waals surface area contributed by atoms with E-state index in [2.05, 4.69) is 10.6 Å². The summed E-state index contributed by atoms with van der Waals surface area (Å²) in [5, 5.41) is 16.8. The molecule has 2 aromatic rings. The largest absolute Gasteiger partial charge is 0.504 e. The van der Waals surface area contributed by atoms with Gasteiger partial charge in [0.2, 0.25) is 0 Å². The molecule has 2 aromatic carbocycles. The summed E-state index contributed by atoms with van der Waals surface area (Å²) in [6, 6.07) is 11.8. The Bertz CT molecular complexity index is 764. The molecule has 0 radical (unpaired) electrons. The first kappa shape index (κ1) is 20.7. The number of hydrogen-bond acceptors (Lipinski definition) is 6. The van der Waals surface area contributed by atoms with Crippen LogP contribution < -0.4 is 20.1 Å². The first-order valence-electron chi connectivity index (χ1n) is 9.23. The number of aromatic hydroxyl groups is 1. The first-order valence-corrected chi connectivity index (χ1v) is 9.23. The van der Waals surface area contributed by atoms with E-state index >= 15 is 0 Å². The van der Waals surface area contributed by atoms with E-state index in [1.807, 2.05) is 27.7 Å². The Morgan fingerprint density at radius 3 is 2.30 bits per heavy atom. The predicted molar refractivity (Wildman–Crippen MR) is 106 cm³/mol. The number of hydrogen-bond donors (Lipinski definition) is 3. The van der Waals surface area contributed by atoms with Crippen molar-refractivity contribution < 1.29 is 19.4 Å². The number of ketones is 1. The van der Waals surface area contributed by atoms with Crippen LogP contribution in [-0.2, 0) is 0 Å². The Morgan fingerprint density at radius 1 is 1.00 bits per heavy atom. The van der Waals surface area contributed by atoms with Gasteiger partial charge in [0, 0.05) is 5.56 Å². The summed E-state index contributed by atoms with van der Waals surface area (Å²) in [4.78, 5) is 12.9. The van der Waals surface area contributed by atoms with Crippen LogP contribution in [0.3, 0.4) is 0 Å². The van der Waals surface area contributed by atoms with Crippen molar-refractivity contribution in [3.8, 4) is 17.2 Å². The number of phenols is 1. The summed E-state index contributed by atoms with van der Waals surface area (Å²) in [6.07, 6.45) is -0.450. The van der Waals surface area contributed by atoms with Crippen LogP contribution in [0.2, 0.25) is 0 Å². The fourth-order valence-electron chi connectivity index (χ4n) is 2.72. The predicted octanol–water partition coefficient (Wildman–Crippen LogP) is 3.29. The van der Waals surface area contributed by atoms with Crippen LogP contribution in [0.1, 0.15) is 43.6 Å². The minimum absolute atomic E-state index is 0.167. The molecule has 2 atom stereocenters. The molecule has 146 valence electrons. The smallest absolute Gasteiger partial charge is 0.197 e. The number of benzene rings is 2. The lowest BCUT2D eigenvalue weighted by Gasteiger charge is -2.17. The van der Waals surface area contributed by atoms with Gasteiger partial charge >= 0.3 is 0 Å². The molecule has 0 aliphatic heterocycles. The van der Waals surface area contributed by atoms with Gasteiger partial charge in [-0.25, -0.2) is 0 Å². The highest BCUT2D eigenvalue weighted by molar-refractivity contribution is 6.11. The third-order valence-electron chi connectivity index (χ3n) is 3.94. The zero-order valence-corrected chi connectivity index (χ0v) is 16.3. The lowest BCUT2D eigenvalue weighted by Crippen LogP contribution is -2.31. The van der Waals surface area contributed by atoms with Crippen LogP contribution in [0.15, 0.2) is 42.5 Å². The molecule has 0 aliphatic rings. The van der Waals surface area contributed by atoms with Crippen molar-refractivity contribution in [1.29, 1.82) is 0 Å². The van der Waals surface area contributed by atoms with Crippen LogP contribution in [0, 0.1) is 0 Å². The second kappa shape index (κ2) is 9.94. The van der Waals surface area contributed by atoms with E-state index in [9.17, 15) is 9.90 Å². The summed E-state index contributed by atoms with van der Waals surface area (Å²) in [5.74, 6) is 0.389. The van der Waals surface area contributed by atoms with Crippen molar-refractivity contribution in [1.82, 2.24) is 10.6 Å². The Balaban J connectivity index is 2.22. The van der Waals surface area contributed by atoms with E-state index in [0.29, 0.717) is 11.3 Å². The molecule has 0 amide bonds. The van der Waals surface area contributed by atoms with Gasteiger partial charge in [-0.1, -0.05) is 32.0 Å². The molecule has 6 heteroatoms. The van der Waals surface area contributed by atoms with Crippen LogP contribution in [-0.4, -0.2) is 36.4 Å². The van der Waals surface area contributed by atoms with Crippen LogP contribution in [0.25, 0.3) is 0 Å². The number of ether oxygens (including phenoxy) is 2. The number of phenolic OH excluding ortho intramolecular Hbond substituents is 1. The molecule has 2 rings (SSSR count). The molecule has 0 saturated carbocycles. The number of para-hydroxylation sites is 1. The summed E-state index contributed by atoms with van der Waals surface area (Å²) in [7, 11) is 0. The molecule has 0 fully saturated rings. The maximum absolute atomic E-state index is 12.9. The average molecular weight is 372 g/mol. The van der Waals surface area contributed by atoms with E-state index in [0.717, 1.165) is 13.1 Å². The minimum Gasteiger partial charge on any atom is -0.504 e. The minimum atomic E-state index is -0.296. The van der Waals surface area contributed by atoms with Gasteiger partial charge in [0.15, 0.2) is 17.3 Å². The highest BCUT2D eigenvalue weighted by Gasteiger charge is 2.18. The average Bonchev–Trinajstić information content (AvgIpc) is 2.63. The van der Waals surface area contributed by atoms with E-state index in [1.165, 1.54) is 0 Å². The van der Waals surface area contributed by atoms with Crippen LogP contribution in [0.5, 0.6) is 17.2 Å². The Morgan fingerprint density at radius 2 is 1.63 bits per heavy atom. The van der Waals surface area contributed by atoms with Gasteiger partial charge in [-0.3, -0.25) is 15.4 Å². The van der Waals surface area contributed by atoms with Crippen LogP contribution in [0.4, 0.5) is 0 Å². The van der Waals surface area contributed by atoms with Gasteiger partial charge in [0.1, 0.15) is 18.2 Å². The van der Waals surface area contributed by atoms with Crippen molar-refractivity contribution in [3.63, 3.8) is 0 Å². The van der Waals surface area contributed by atoms with E-state index < -0.39 is 0 Å². The maximum atomic E-state index is 12.9. The fourth-order valence-corrected chi connectivity index (χ4v) is 2.72. The van der Waals surface area contributed by atoms with E-state index in [-0.39, 0.29) is 35.3 Å². The summed E-state index contributed by atoms with van der Waals surface area (Å²) < 4.78 is 11.4. The SMILES string of the molecule is CCNC(C)Oc1cccc(C(=O)c2cccc(OC(C)NCC)c2O)c1. The van der Waals surface area contributed by atoms with Crippen LogP contribution >= 0.6 is 0 Å². The molecule has 2 unspecified atom stereocenters. The molecular weight excluding hydrogens is 344 g/mol. The van der Waals surface area contributed by atoms with Gasteiger partial charge in [0.05, 0.1) is 5.56 Å². The molecule has 0 bridgehead atoms.